The molecule has 0 aromatic heterocycles. The average Bonchev–Trinajstić information content (AvgIpc) is 2.52. The molecule has 3 heteroatoms. The van der Waals surface area contributed by atoms with Crippen molar-refractivity contribution in [2.24, 2.45) is 5.73 Å². The van der Waals surface area contributed by atoms with E-state index in [0.29, 0.717) is 19.1 Å². The van der Waals surface area contributed by atoms with Crippen molar-refractivity contribution in [1.82, 2.24) is 0 Å². The average molecular weight is 205 g/mol. The second-order valence-electron chi connectivity index (χ2n) is 4.37. The van der Waals surface area contributed by atoms with E-state index in [1.165, 1.54) is 11.1 Å². The molecule has 0 spiro atoms. The second-order valence-corrected chi connectivity index (χ2v) is 4.37. The van der Waals surface area contributed by atoms with Gasteiger partial charge in [0.2, 0.25) is 0 Å². The van der Waals surface area contributed by atoms with E-state index in [9.17, 15) is 0 Å². The molecular weight excluding hydrogens is 190 g/mol. The summed E-state index contributed by atoms with van der Waals surface area (Å²) in [4.78, 5) is 0. The summed E-state index contributed by atoms with van der Waals surface area (Å²) in [6.45, 7) is 3.49. The topological polar surface area (TPSA) is 44.5 Å². The fourth-order valence-corrected chi connectivity index (χ4v) is 2.50. The Kier molecular flexibility index (Phi) is 1.89. The van der Waals surface area contributed by atoms with Crippen molar-refractivity contribution in [1.29, 1.82) is 0 Å². The molecule has 3 rings (SSSR count). The van der Waals surface area contributed by atoms with Gasteiger partial charge in [-0.25, -0.2) is 0 Å². The van der Waals surface area contributed by atoms with Crippen LogP contribution in [-0.4, -0.2) is 13.2 Å². The highest BCUT2D eigenvalue weighted by atomic mass is 16.6. The van der Waals surface area contributed by atoms with E-state index in [0.717, 1.165) is 17.9 Å². The van der Waals surface area contributed by atoms with E-state index < -0.39 is 0 Å². The molecule has 3 nitrogen and oxygen atoms in total. The van der Waals surface area contributed by atoms with Gasteiger partial charge in [-0.15, -0.1) is 0 Å². The fourth-order valence-electron chi connectivity index (χ4n) is 2.50. The van der Waals surface area contributed by atoms with Gasteiger partial charge in [-0.05, 0) is 35.6 Å². The minimum absolute atomic E-state index is 0.158. The van der Waals surface area contributed by atoms with Crippen LogP contribution in [0.2, 0.25) is 0 Å². The lowest BCUT2D eigenvalue weighted by atomic mass is 10.0. The van der Waals surface area contributed by atoms with Crippen LogP contribution in [0.3, 0.4) is 0 Å². The van der Waals surface area contributed by atoms with E-state index in [1.54, 1.807) is 0 Å². The summed E-state index contributed by atoms with van der Waals surface area (Å²) in [6.07, 6.45) is 1.03. The molecule has 0 radical (unpaired) electrons. The Morgan fingerprint density at radius 3 is 2.40 bits per heavy atom. The Hall–Kier alpha value is -1.22. The Labute approximate surface area is 89.2 Å². The number of hydrogen-bond acceptors (Lipinski definition) is 3. The van der Waals surface area contributed by atoms with Gasteiger partial charge in [0.25, 0.3) is 0 Å². The third-order valence-corrected chi connectivity index (χ3v) is 3.29. The zero-order chi connectivity index (χ0) is 10.4. The third kappa shape index (κ3) is 1.30. The molecule has 0 saturated heterocycles. The van der Waals surface area contributed by atoms with E-state index in [2.05, 4.69) is 19.1 Å². The second kappa shape index (κ2) is 3.14. The highest BCUT2D eigenvalue weighted by molar-refractivity contribution is 5.52. The summed E-state index contributed by atoms with van der Waals surface area (Å²) >= 11 is 0. The van der Waals surface area contributed by atoms with Crippen molar-refractivity contribution < 1.29 is 9.47 Å². The smallest absolute Gasteiger partial charge is 0.161 e. The summed E-state index contributed by atoms with van der Waals surface area (Å²) in [5, 5.41) is 0. The number of ether oxygens (including phenoxy) is 2. The molecule has 1 heterocycles. The number of hydrogen-bond donors (Lipinski definition) is 1. The van der Waals surface area contributed by atoms with E-state index >= 15 is 0 Å². The number of fused-ring (bicyclic) bond motifs is 2. The lowest BCUT2D eigenvalue weighted by Crippen LogP contribution is -2.16. The van der Waals surface area contributed by atoms with Crippen molar-refractivity contribution >= 4 is 0 Å². The molecule has 80 valence electrons. The van der Waals surface area contributed by atoms with Crippen LogP contribution >= 0.6 is 0 Å². The molecule has 0 fully saturated rings. The van der Waals surface area contributed by atoms with Gasteiger partial charge in [0.1, 0.15) is 13.2 Å². The molecule has 1 aliphatic heterocycles. The molecular formula is C12H15NO2. The zero-order valence-corrected chi connectivity index (χ0v) is 8.82. The van der Waals surface area contributed by atoms with Gasteiger partial charge in [-0.1, -0.05) is 6.92 Å². The van der Waals surface area contributed by atoms with Gasteiger partial charge in [0.05, 0.1) is 0 Å². The first-order chi connectivity index (χ1) is 7.25. The molecule has 2 atom stereocenters. The minimum Gasteiger partial charge on any atom is -0.486 e. The van der Waals surface area contributed by atoms with Gasteiger partial charge in [0, 0.05) is 6.04 Å². The number of benzene rings is 1. The predicted molar refractivity (Wildman–Crippen MR) is 57.4 cm³/mol. The molecule has 1 aromatic carbocycles. The van der Waals surface area contributed by atoms with Crippen LogP contribution in [0.5, 0.6) is 11.5 Å². The summed E-state index contributed by atoms with van der Waals surface area (Å²) in [5.41, 5.74) is 8.63. The van der Waals surface area contributed by atoms with Gasteiger partial charge in [0.15, 0.2) is 11.5 Å². The van der Waals surface area contributed by atoms with Crippen molar-refractivity contribution in [3.63, 3.8) is 0 Å². The van der Waals surface area contributed by atoms with Crippen LogP contribution in [0.15, 0.2) is 12.1 Å². The number of nitrogens with two attached hydrogens (primary N) is 1. The standard InChI is InChI=1S/C12H15NO2/c1-7-4-10(13)9-6-12-11(5-8(7)9)14-2-3-15-12/h5-7,10H,2-4,13H2,1H3. The van der Waals surface area contributed by atoms with Crippen LogP contribution in [0.1, 0.15) is 36.4 Å². The van der Waals surface area contributed by atoms with Gasteiger partial charge in [-0.3, -0.25) is 0 Å². The highest BCUT2D eigenvalue weighted by Crippen LogP contribution is 2.44. The van der Waals surface area contributed by atoms with Crippen molar-refractivity contribution in [2.45, 2.75) is 25.3 Å². The van der Waals surface area contributed by atoms with E-state index in [-0.39, 0.29) is 6.04 Å². The lowest BCUT2D eigenvalue weighted by Gasteiger charge is -2.20. The quantitative estimate of drug-likeness (QED) is 0.704. The summed E-state index contributed by atoms with van der Waals surface area (Å²) in [6, 6.07) is 4.31. The molecule has 2 N–H and O–H groups in total. The van der Waals surface area contributed by atoms with Crippen LogP contribution in [0, 0.1) is 0 Å². The van der Waals surface area contributed by atoms with Gasteiger partial charge < -0.3 is 15.2 Å². The highest BCUT2D eigenvalue weighted by Gasteiger charge is 2.28. The first-order valence-electron chi connectivity index (χ1n) is 5.44. The fraction of sp³-hybridized carbons (Fsp3) is 0.500. The van der Waals surface area contributed by atoms with Crippen molar-refractivity contribution in [2.75, 3.05) is 13.2 Å². The molecule has 0 saturated carbocycles. The number of rotatable bonds is 0. The van der Waals surface area contributed by atoms with Gasteiger partial charge in [-0.2, -0.15) is 0 Å². The first-order valence-corrected chi connectivity index (χ1v) is 5.44. The predicted octanol–water partition coefficient (Wildman–Crippen LogP) is 1.96. The summed E-state index contributed by atoms with van der Waals surface area (Å²) in [7, 11) is 0. The Bertz CT molecular complexity index is 366. The van der Waals surface area contributed by atoms with Crippen LogP contribution in [0.25, 0.3) is 0 Å². The third-order valence-electron chi connectivity index (χ3n) is 3.29. The van der Waals surface area contributed by atoms with Crippen LogP contribution < -0.4 is 15.2 Å². The molecule has 1 aliphatic carbocycles. The van der Waals surface area contributed by atoms with E-state index in [1.807, 2.05) is 0 Å². The molecule has 2 aliphatic rings. The summed E-state index contributed by atoms with van der Waals surface area (Å²) < 4.78 is 11.1. The van der Waals surface area contributed by atoms with Crippen LogP contribution in [0.4, 0.5) is 0 Å². The van der Waals surface area contributed by atoms with Crippen LogP contribution in [-0.2, 0) is 0 Å². The van der Waals surface area contributed by atoms with E-state index in [4.69, 9.17) is 15.2 Å². The van der Waals surface area contributed by atoms with Crippen molar-refractivity contribution in [3.8, 4) is 11.5 Å². The monoisotopic (exact) mass is 205 g/mol. The SMILES string of the molecule is CC1CC(N)c2cc3c(cc21)OCCO3. The first kappa shape index (κ1) is 9.04. The normalized spacial score (nSPS) is 27.6. The largest absolute Gasteiger partial charge is 0.486 e. The Balaban J connectivity index is 2.12. The Morgan fingerprint density at radius 2 is 1.73 bits per heavy atom. The molecule has 2 unspecified atom stereocenters. The molecule has 0 bridgehead atoms. The van der Waals surface area contributed by atoms with Crippen molar-refractivity contribution in [3.05, 3.63) is 23.3 Å². The zero-order valence-electron chi connectivity index (χ0n) is 8.82. The minimum atomic E-state index is 0.158. The lowest BCUT2D eigenvalue weighted by molar-refractivity contribution is 0.171. The summed E-state index contributed by atoms with van der Waals surface area (Å²) in [5.74, 6) is 2.26. The van der Waals surface area contributed by atoms with Gasteiger partial charge >= 0.3 is 0 Å². The Morgan fingerprint density at radius 1 is 1.13 bits per heavy atom. The molecule has 1 aromatic rings. The maximum absolute atomic E-state index is 6.07. The maximum atomic E-state index is 6.07. The molecule has 0 amide bonds. The molecule has 15 heavy (non-hydrogen) atoms. The maximum Gasteiger partial charge on any atom is 0.161 e.